The fourth-order valence-electron chi connectivity index (χ4n) is 3.96. The van der Waals surface area contributed by atoms with E-state index in [1.54, 1.807) is 0 Å². The Hall–Kier alpha value is -2.07. The number of nitrogens with zero attached hydrogens (tertiary/aromatic N) is 1. The average Bonchev–Trinajstić information content (AvgIpc) is 2.61. The predicted octanol–water partition coefficient (Wildman–Crippen LogP) is 6.52. The van der Waals surface area contributed by atoms with Crippen LogP contribution in [0, 0.1) is 6.92 Å². The van der Waals surface area contributed by atoms with Gasteiger partial charge in [0.05, 0.1) is 6.04 Å². The van der Waals surface area contributed by atoms with Gasteiger partial charge in [-0.05, 0) is 49.6 Å². The topological polar surface area (TPSA) is 29.5 Å². The lowest BCUT2D eigenvalue weighted by molar-refractivity contribution is -0.0603. The third kappa shape index (κ3) is 4.11. The lowest BCUT2D eigenvalue weighted by Gasteiger charge is -2.44. The van der Waals surface area contributed by atoms with Gasteiger partial charge in [0.25, 0.3) is 0 Å². The minimum absolute atomic E-state index is 0.0378. The molecule has 0 aliphatic carbocycles. The van der Waals surface area contributed by atoms with E-state index in [1.807, 2.05) is 48.2 Å². The largest absolute Gasteiger partial charge is 0.437 e. The van der Waals surface area contributed by atoms with Crippen LogP contribution in [0.25, 0.3) is 0 Å². The molecule has 2 aromatic rings. The van der Waals surface area contributed by atoms with Gasteiger partial charge in [-0.1, -0.05) is 64.5 Å². The number of benzene rings is 2. The summed E-state index contributed by atoms with van der Waals surface area (Å²) in [5.74, 6) is 0. The molecule has 2 atom stereocenters. The fraction of sp³-hybridized carbons (Fsp3) is 0.348. The summed E-state index contributed by atoms with van der Waals surface area (Å²) < 4.78 is 7.15. The van der Waals surface area contributed by atoms with Gasteiger partial charge in [-0.15, -0.1) is 0 Å². The van der Waals surface area contributed by atoms with E-state index < -0.39 is 5.60 Å². The van der Waals surface area contributed by atoms with E-state index in [2.05, 4.69) is 48.5 Å². The summed E-state index contributed by atoms with van der Waals surface area (Å²) >= 11 is 3.50. The van der Waals surface area contributed by atoms with Crippen LogP contribution in [0.2, 0.25) is 0 Å². The standard InChI is InChI=1S/C23H26BrNO2/c1-16(2)15-23(19-8-6-5-7-9-19)12-13-25(22(26)27-23)18(4)21-11-10-20(24)14-17(21)3/h5-11,14,18H,1,12-13,15H2,2-4H3. The Kier molecular flexibility index (Phi) is 5.75. The number of ether oxygens (including phenoxy) is 1. The molecular formula is C23H26BrNO2. The van der Waals surface area contributed by atoms with E-state index in [-0.39, 0.29) is 12.1 Å². The minimum atomic E-state index is -0.630. The lowest BCUT2D eigenvalue weighted by Crippen LogP contribution is -2.48. The molecule has 1 fully saturated rings. The molecule has 2 aromatic carbocycles. The molecule has 27 heavy (non-hydrogen) atoms. The zero-order valence-electron chi connectivity index (χ0n) is 16.2. The van der Waals surface area contributed by atoms with Crippen molar-refractivity contribution < 1.29 is 9.53 Å². The van der Waals surface area contributed by atoms with Crippen LogP contribution >= 0.6 is 15.9 Å². The van der Waals surface area contributed by atoms with Crippen molar-refractivity contribution in [2.24, 2.45) is 0 Å². The van der Waals surface area contributed by atoms with Crippen molar-refractivity contribution in [2.75, 3.05) is 6.54 Å². The van der Waals surface area contributed by atoms with Crippen LogP contribution in [-0.2, 0) is 10.3 Å². The number of carbonyl (C=O) groups excluding carboxylic acids is 1. The van der Waals surface area contributed by atoms with E-state index in [0.717, 1.165) is 33.2 Å². The third-order valence-electron chi connectivity index (χ3n) is 5.31. The molecule has 0 aromatic heterocycles. The molecule has 4 heteroatoms. The molecule has 0 N–H and O–H groups in total. The second-order valence-corrected chi connectivity index (χ2v) is 8.40. The summed E-state index contributed by atoms with van der Waals surface area (Å²) in [7, 11) is 0. The Bertz CT molecular complexity index is 849. The van der Waals surface area contributed by atoms with Crippen LogP contribution in [0.15, 0.2) is 65.2 Å². The molecule has 2 unspecified atom stereocenters. The Morgan fingerprint density at radius 1 is 1.30 bits per heavy atom. The van der Waals surface area contributed by atoms with Crippen molar-refractivity contribution in [3.05, 3.63) is 81.8 Å². The molecule has 1 saturated heterocycles. The molecule has 1 amide bonds. The van der Waals surface area contributed by atoms with Gasteiger partial charge in [-0.25, -0.2) is 4.79 Å². The van der Waals surface area contributed by atoms with E-state index in [0.29, 0.717) is 13.0 Å². The zero-order chi connectivity index (χ0) is 19.6. The van der Waals surface area contributed by atoms with Crippen molar-refractivity contribution in [3.63, 3.8) is 0 Å². The summed E-state index contributed by atoms with van der Waals surface area (Å²) in [5, 5.41) is 0. The summed E-state index contributed by atoms with van der Waals surface area (Å²) in [5.41, 5.74) is 3.72. The number of amides is 1. The number of halogens is 1. The van der Waals surface area contributed by atoms with Crippen LogP contribution in [0.5, 0.6) is 0 Å². The number of aryl methyl sites for hydroxylation is 1. The number of hydrogen-bond acceptors (Lipinski definition) is 2. The summed E-state index contributed by atoms with van der Waals surface area (Å²) in [6.07, 6.45) is 1.12. The second kappa shape index (κ2) is 7.89. The van der Waals surface area contributed by atoms with Gasteiger partial charge in [-0.3, -0.25) is 0 Å². The van der Waals surface area contributed by atoms with Crippen LogP contribution in [0.3, 0.4) is 0 Å². The number of rotatable bonds is 5. The molecule has 0 radical (unpaired) electrons. The summed E-state index contributed by atoms with van der Waals surface area (Å²) in [4.78, 5) is 14.9. The molecule has 0 spiro atoms. The van der Waals surface area contributed by atoms with Gasteiger partial charge < -0.3 is 9.64 Å². The van der Waals surface area contributed by atoms with Crippen LogP contribution < -0.4 is 0 Å². The summed E-state index contributed by atoms with van der Waals surface area (Å²) in [6, 6.07) is 16.2. The van der Waals surface area contributed by atoms with Gasteiger partial charge in [0.2, 0.25) is 0 Å². The first-order chi connectivity index (χ1) is 12.8. The molecule has 1 aliphatic rings. The minimum Gasteiger partial charge on any atom is -0.437 e. The lowest BCUT2D eigenvalue weighted by atomic mass is 9.83. The molecule has 1 heterocycles. The maximum atomic E-state index is 13.0. The van der Waals surface area contributed by atoms with Gasteiger partial charge in [0.1, 0.15) is 5.60 Å². The van der Waals surface area contributed by atoms with Crippen LogP contribution in [-0.4, -0.2) is 17.5 Å². The Balaban J connectivity index is 1.87. The molecule has 1 aliphatic heterocycles. The second-order valence-electron chi connectivity index (χ2n) is 7.48. The van der Waals surface area contributed by atoms with E-state index in [1.165, 1.54) is 0 Å². The number of hydrogen-bond donors (Lipinski definition) is 0. The highest BCUT2D eigenvalue weighted by atomic mass is 79.9. The Morgan fingerprint density at radius 3 is 2.59 bits per heavy atom. The SMILES string of the molecule is C=C(C)CC1(c2ccccc2)CCN(C(C)c2ccc(Br)cc2C)C(=O)O1. The first kappa shape index (κ1) is 19.7. The van der Waals surface area contributed by atoms with Crippen molar-refractivity contribution >= 4 is 22.0 Å². The molecule has 142 valence electrons. The van der Waals surface area contributed by atoms with Crippen molar-refractivity contribution in [1.82, 2.24) is 4.90 Å². The van der Waals surface area contributed by atoms with Gasteiger partial charge >= 0.3 is 6.09 Å². The Labute approximate surface area is 170 Å². The summed E-state index contributed by atoms with van der Waals surface area (Å²) in [6.45, 7) is 10.8. The van der Waals surface area contributed by atoms with Crippen molar-refractivity contribution in [1.29, 1.82) is 0 Å². The third-order valence-corrected chi connectivity index (χ3v) is 5.80. The first-order valence-electron chi connectivity index (χ1n) is 9.28. The fourth-order valence-corrected chi connectivity index (χ4v) is 4.43. The number of carbonyl (C=O) groups is 1. The average molecular weight is 428 g/mol. The van der Waals surface area contributed by atoms with Gasteiger partial charge in [0.15, 0.2) is 0 Å². The normalized spacial score (nSPS) is 20.9. The molecule has 0 bridgehead atoms. The predicted molar refractivity (Wildman–Crippen MR) is 113 cm³/mol. The maximum absolute atomic E-state index is 13.0. The van der Waals surface area contributed by atoms with E-state index in [9.17, 15) is 4.79 Å². The molecular weight excluding hydrogens is 402 g/mol. The van der Waals surface area contributed by atoms with E-state index in [4.69, 9.17) is 4.74 Å². The highest BCUT2D eigenvalue weighted by Gasteiger charge is 2.43. The monoisotopic (exact) mass is 427 g/mol. The van der Waals surface area contributed by atoms with Crippen LogP contribution in [0.1, 0.15) is 49.4 Å². The maximum Gasteiger partial charge on any atom is 0.411 e. The highest BCUT2D eigenvalue weighted by Crippen LogP contribution is 2.41. The van der Waals surface area contributed by atoms with Crippen LogP contribution in [0.4, 0.5) is 4.79 Å². The molecule has 0 saturated carbocycles. The number of cyclic esters (lactones) is 1. The smallest absolute Gasteiger partial charge is 0.411 e. The van der Waals surface area contributed by atoms with Crippen molar-refractivity contribution in [3.8, 4) is 0 Å². The van der Waals surface area contributed by atoms with Gasteiger partial charge in [-0.2, -0.15) is 0 Å². The van der Waals surface area contributed by atoms with Crippen molar-refractivity contribution in [2.45, 2.75) is 45.3 Å². The first-order valence-corrected chi connectivity index (χ1v) is 10.1. The molecule has 3 rings (SSSR count). The highest BCUT2D eigenvalue weighted by molar-refractivity contribution is 9.10. The van der Waals surface area contributed by atoms with Gasteiger partial charge in [0, 0.05) is 23.9 Å². The van der Waals surface area contributed by atoms with E-state index >= 15 is 0 Å². The Morgan fingerprint density at radius 2 is 2.00 bits per heavy atom. The molecule has 3 nitrogen and oxygen atoms in total. The zero-order valence-corrected chi connectivity index (χ0v) is 17.8. The quantitative estimate of drug-likeness (QED) is 0.508.